The van der Waals surface area contributed by atoms with E-state index in [1.165, 1.54) is 9.80 Å². The second-order valence-corrected chi connectivity index (χ2v) is 10.1. The molecule has 3 unspecified atom stereocenters. The molecule has 2 aliphatic rings. The highest BCUT2D eigenvalue weighted by molar-refractivity contribution is 5.67. The molecular formula is C24H46N4O6. The largest absolute Gasteiger partial charge is 0.465 e. The van der Waals surface area contributed by atoms with Gasteiger partial charge < -0.3 is 29.5 Å². The van der Waals surface area contributed by atoms with E-state index in [9.17, 15) is 19.8 Å². The Kier molecular flexibility index (Phi) is 11.8. The molecule has 0 spiro atoms. The van der Waals surface area contributed by atoms with E-state index in [4.69, 9.17) is 9.47 Å². The van der Waals surface area contributed by atoms with Gasteiger partial charge in [0.1, 0.15) is 12.5 Å². The van der Waals surface area contributed by atoms with Crippen molar-refractivity contribution in [1.29, 1.82) is 0 Å². The fourth-order valence-electron chi connectivity index (χ4n) is 4.98. The number of rotatable bonds is 14. The molecule has 2 fully saturated rings. The standard InChI is InChI=1S/C24H46N4O6/c1-6-7-8-20(28(24(31)32)12-11-26-14-16-34-22(26)19(4)5)17-27(23(29)30)10-9-25-13-15-33-21(25)18(2)3/h18-22H,6-17H2,1-5H3,(H,29,30)(H,31,32). The van der Waals surface area contributed by atoms with E-state index in [-0.39, 0.29) is 25.0 Å². The molecule has 0 aromatic carbocycles. The molecule has 0 saturated carbocycles. The molecule has 2 amide bonds. The van der Waals surface area contributed by atoms with E-state index in [0.29, 0.717) is 57.6 Å². The van der Waals surface area contributed by atoms with Gasteiger partial charge in [-0.1, -0.05) is 47.5 Å². The van der Waals surface area contributed by atoms with Gasteiger partial charge in [-0.25, -0.2) is 9.59 Å². The van der Waals surface area contributed by atoms with E-state index >= 15 is 0 Å². The molecule has 2 rings (SSSR count). The molecule has 34 heavy (non-hydrogen) atoms. The van der Waals surface area contributed by atoms with Crippen molar-refractivity contribution < 1.29 is 29.3 Å². The summed E-state index contributed by atoms with van der Waals surface area (Å²) < 4.78 is 11.6. The van der Waals surface area contributed by atoms with Crippen LogP contribution in [-0.4, -0.2) is 120 Å². The second kappa shape index (κ2) is 14.1. The zero-order valence-electron chi connectivity index (χ0n) is 21.7. The van der Waals surface area contributed by atoms with Gasteiger partial charge in [-0.3, -0.25) is 9.80 Å². The van der Waals surface area contributed by atoms with Gasteiger partial charge in [0.25, 0.3) is 0 Å². The maximum atomic E-state index is 12.2. The topological polar surface area (TPSA) is 106 Å². The zero-order valence-corrected chi connectivity index (χ0v) is 21.7. The van der Waals surface area contributed by atoms with Crippen LogP contribution in [0, 0.1) is 11.8 Å². The highest BCUT2D eigenvalue weighted by Gasteiger charge is 2.32. The van der Waals surface area contributed by atoms with Crippen LogP contribution in [0.15, 0.2) is 0 Å². The number of nitrogens with zero attached hydrogens (tertiary/aromatic N) is 4. The maximum absolute atomic E-state index is 12.2. The second-order valence-electron chi connectivity index (χ2n) is 10.1. The summed E-state index contributed by atoms with van der Waals surface area (Å²) in [6.45, 7) is 15.3. The number of hydrogen-bond acceptors (Lipinski definition) is 6. The fraction of sp³-hybridized carbons (Fsp3) is 0.917. The normalized spacial score (nSPS) is 22.6. The lowest BCUT2D eigenvalue weighted by atomic mass is 10.1. The van der Waals surface area contributed by atoms with Gasteiger partial charge in [0, 0.05) is 45.8 Å². The van der Waals surface area contributed by atoms with E-state index in [1.54, 1.807) is 0 Å². The summed E-state index contributed by atoms with van der Waals surface area (Å²) >= 11 is 0. The van der Waals surface area contributed by atoms with Gasteiger partial charge in [0.2, 0.25) is 0 Å². The lowest BCUT2D eigenvalue weighted by Crippen LogP contribution is -2.52. The summed E-state index contributed by atoms with van der Waals surface area (Å²) in [5.41, 5.74) is 0. The molecule has 10 heteroatoms. The smallest absolute Gasteiger partial charge is 0.407 e. The van der Waals surface area contributed by atoms with Gasteiger partial charge in [-0.2, -0.15) is 0 Å². The Bertz CT molecular complexity index is 635. The van der Waals surface area contributed by atoms with Crippen LogP contribution in [0.5, 0.6) is 0 Å². The number of ether oxygens (including phenoxy) is 2. The highest BCUT2D eigenvalue weighted by Crippen LogP contribution is 2.20. The lowest BCUT2D eigenvalue weighted by Gasteiger charge is -2.35. The number of unbranched alkanes of at least 4 members (excludes halogenated alkanes) is 1. The third-order valence-electron chi connectivity index (χ3n) is 6.76. The van der Waals surface area contributed by atoms with Crippen LogP contribution < -0.4 is 0 Å². The molecule has 2 saturated heterocycles. The summed E-state index contributed by atoms with van der Waals surface area (Å²) in [6, 6.07) is -0.384. The SMILES string of the molecule is CCCCC(CN(CCN1CCOC1C(C)C)C(=O)O)N(CCN1CCOC1C(C)C)C(=O)O. The van der Waals surface area contributed by atoms with Crippen molar-refractivity contribution in [3.05, 3.63) is 0 Å². The molecule has 0 aromatic rings. The lowest BCUT2D eigenvalue weighted by molar-refractivity contribution is -0.00854. The van der Waals surface area contributed by atoms with Gasteiger partial charge >= 0.3 is 12.2 Å². The quantitative estimate of drug-likeness (QED) is 0.386. The van der Waals surface area contributed by atoms with Crippen LogP contribution >= 0.6 is 0 Å². The minimum absolute atomic E-state index is 0.00126. The molecule has 3 atom stereocenters. The molecule has 2 N–H and O–H groups in total. The Hall–Kier alpha value is -1.62. The van der Waals surface area contributed by atoms with Crippen molar-refractivity contribution in [2.75, 3.05) is 59.0 Å². The Morgan fingerprint density at radius 2 is 1.44 bits per heavy atom. The van der Waals surface area contributed by atoms with Crippen LogP contribution in [0.2, 0.25) is 0 Å². The predicted molar refractivity (Wildman–Crippen MR) is 130 cm³/mol. The predicted octanol–water partition coefficient (Wildman–Crippen LogP) is 3.13. The number of amides is 2. The summed E-state index contributed by atoms with van der Waals surface area (Å²) in [7, 11) is 0. The first kappa shape index (κ1) is 28.6. The van der Waals surface area contributed by atoms with Crippen LogP contribution in [0.4, 0.5) is 9.59 Å². The summed E-state index contributed by atoms with van der Waals surface area (Å²) in [4.78, 5) is 31.5. The monoisotopic (exact) mass is 486 g/mol. The van der Waals surface area contributed by atoms with Crippen molar-refractivity contribution in [2.24, 2.45) is 11.8 Å². The van der Waals surface area contributed by atoms with Gasteiger partial charge in [0.15, 0.2) is 0 Å². The highest BCUT2D eigenvalue weighted by atomic mass is 16.5. The average Bonchev–Trinajstić information content (AvgIpc) is 3.43. The summed E-state index contributed by atoms with van der Waals surface area (Å²) in [5.74, 6) is 0.646. The van der Waals surface area contributed by atoms with Crippen LogP contribution in [-0.2, 0) is 9.47 Å². The molecule has 10 nitrogen and oxygen atoms in total. The number of hydrogen-bond donors (Lipinski definition) is 2. The average molecular weight is 487 g/mol. The third kappa shape index (κ3) is 8.25. The fourth-order valence-corrected chi connectivity index (χ4v) is 4.98. The van der Waals surface area contributed by atoms with E-state index in [2.05, 4.69) is 44.4 Å². The van der Waals surface area contributed by atoms with Gasteiger partial charge in [0.05, 0.1) is 19.3 Å². The van der Waals surface area contributed by atoms with Gasteiger partial charge in [-0.05, 0) is 18.3 Å². The number of carbonyl (C=O) groups is 2. The first-order valence-corrected chi connectivity index (χ1v) is 12.8. The van der Waals surface area contributed by atoms with E-state index in [1.807, 2.05) is 0 Å². The van der Waals surface area contributed by atoms with Crippen LogP contribution in [0.1, 0.15) is 53.9 Å². The molecular weight excluding hydrogens is 440 g/mol. The van der Waals surface area contributed by atoms with E-state index < -0.39 is 12.2 Å². The van der Waals surface area contributed by atoms with Crippen molar-refractivity contribution in [2.45, 2.75) is 72.4 Å². The first-order valence-electron chi connectivity index (χ1n) is 12.8. The molecule has 198 valence electrons. The van der Waals surface area contributed by atoms with E-state index in [0.717, 1.165) is 25.9 Å². The van der Waals surface area contributed by atoms with Crippen molar-refractivity contribution in [1.82, 2.24) is 19.6 Å². The summed E-state index contributed by atoms with van der Waals surface area (Å²) in [5, 5.41) is 19.9. The van der Waals surface area contributed by atoms with Crippen LogP contribution in [0.25, 0.3) is 0 Å². The molecule has 2 heterocycles. The maximum Gasteiger partial charge on any atom is 0.407 e. The van der Waals surface area contributed by atoms with Crippen molar-refractivity contribution in [3.63, 3.8) is 0 Å². The minimum Gasteiger partial charge on any atom is -0.465 e. The Labute approximate surface area is 204 Å². The molecule has 0 bridgehead atoms. The molecule has 0 aliphatic carbocycles. The molecule has 0 aromatic heterocycles. The Morgan fingerprint density at radius 3 is 1.88 bits per heavy atom. The molecule has 2 aliphatic heterocycles. The Morgan fingerprint density at radius 1 is 0.912 bits per heavy atom. The van der Waals surface area contributed by atoms with Crippen LogP contribution in [0.3, 0.4) is 0 Å². The first-order chi connectivity index (χ1) is 16.1. The third-order valence-corrected chi connectivity index (χ3v) is 6.76. The van der Waals surface area contributed by atoms with Crippen molar-refractivity contribution >= 4 is 12.2 Å². The molecule has 0 radical (unpaired) electrons. The minimum atomic E-state index is -1.01. The zero-order chi connectivity index (χ0) is 25.3. The Balaban J connectivity index is 2.05. The number of carboxylic acid groups (broad SMARTS) is 2. The van der Waals surface area contributed by atoms with Crippen molar-refractivity contribution in [3.8, 4) is 0 Å². The summed E-state index contributed by atoms with van der Waals surface area (Å²) in [6.07, 6.45) is 0.390. The van der Waals surface area contributed by atoms with Gasteiger partial charge in [-0.15, -0.1) is 0 Å².